The minimum atomic E-state index is 0.244. The summed E-state index contributed by atoms with van der Waals surface area (Å²) in [6.07, 6.45) is 0.244. The van der Waals surface area contributed by atoms with Crippen molar-refractivity contribution in [2.24, 2.45) is 0 Å². The zero-order valence-electron chi connectivity index (χ0n) is 7.92. The number of benzene rings is 1. The molecule has 1 aromatic rings. The Bertz CT molecular complexity index is 279. The molecule has 0 saturated carbocycles. The third-order valence-electron chi connectivity index (χ3n) is 2.34. The van der Waals surface area contributed by atoms with Gasteiger partial charge in [-0.25, -0.2) is 0 Å². The van der Waals surface area contributed by atoms with Gasteiger partial charge in [0.2, 0.25) is 0 Å². The van der Waals surface area contributed by atoms with Crippen molar-refractivity contribution in [2.75, 3.05) is 19.7 Å². The molecule has 0 radical (unpaired) electrons. The van der Waals surface area contributed by atoms with Crippen molar-refractivity contribution in [1.82, 2.24) is 5.32 Å². The Morgan fingerprint density at radius 2 is 2.38 bits per heavy atom. The Balaban J connectivity index is 2.14. The van der Waals surface area contributed by atoms with E-state index in [2.05, 4.69) is 36.5 Å². The van der Waals surface area contributed by atoms with Gasteiger partial charge in [0.1, 0.15) is 0 Å². The van der Waals surface area contributed by atoms with Gasteiger partial charge in [-0.05, 0) is 12.5 Å². The SMILES string of the molecule is Cc1cccc([C@@H]2CNCCO2)c1. The predicted octanol–water partition coefficient (Wildman–Crippen LogP) is 1.66. The summed E-state index contributed by atoms with van der Waals surface area (Å²) < 4.78 is 5.66. The number of ether oxygens (including phenoxy) is 1. The van der Waals surface area contributed by atoms with Crippen LogP contribution in [0.3, 0.4) is 0 Å². The first-order valence-corrected chi connectivity index (χ1v) is 4.75. The molecule has 0 aromatic heterocycles. The Morgan fingerprint density at radius 1 is 1.46 bits per heavy atom. The van der Waals surface area contributed by atoms with Gasteiger partial charge in [-0.3, -0.25) is 0 Å². The van der Waals surface area contributed by atoms with Gasteiger partial charge in [-0.2, -0.15) is 0 Å². The average molecular weight is 177 g/mol. The molecule has 0 aliphatic carbocycles. The van der Waals surface area contributed by atoms with Crippen LogP contribution in [0.5, 0.6) is 0 Å². The highest BCUT2D eigenvalue weighted by Gasteiger charge is 2.14. The van der Waals surface area contributed by atoms with E-state index in [-0.39, 0.29) is 6.10 Å². The Labute approximate surface area is 78.9 Å². The fourth-order valence-corrected chi connectivity index (χ4v) is 1.65. The van der Waals surface area contributed by atoms with Gasteiger partial charge < -0.3 is 10.1 Å². The molecule has 2 rings (SSSR count). The van der Waals surface area contributed by atoms with Crippen LogP contribution in [0.15, 0.2) is 24.3 Å². The molecule has 70 valence electrons. The first kappa shape index (κ1) is 8.73. The van der Waals surface area contributed by atoms with Gasteiger partial charge in [0.05, 0.1) is 12.7 Å². The van der Waals surface area contributed by atoms with E-state index in [0.29, 0.717) is 0 Å². The molecule has 1 heterocycles. The van der Waals surface area contributed by atoms with Crippen molar-refractivity contribution in [3.63, 3.8) is 0 Å². The molecule has 2 heteroatoms. The fraction of sp³-hybridized carbons (Fsp3) is 0.455. The molecule has 1 atom stereocenters. The van der Waals surface area contributed by atoms with Crippen molar-refractivity contribution in [3.05, 3.63) is 35.4 Å². The van der Waals surface area contributed by atoms with Crippen molar-refractivity contribution in [1.29, 1.82) is 0 Å². The fourth-order valence-electron chi connectivity index (χ4n) is 1.65. The molecule has 1 N–H and O–H groups in total. The maximum atomic E-state index is 5.66. The van der Waals surface area contributed by atoms with Gasteiger partial charge in [-0.15, -0.1) is 0 Å². The molecule has 2 nitrogen and oxygen atoms in total. The summed E-state index contributed by atoms with van der Waals surface area (Å²) >= 11 is 0. The highest BCUT2D eigenvalue weighted by Crippen LogP contribution is 2.19. The van der Waals surface area contributed by atoms with E-state index in [4.69, 9.17) is 4.74 Å². The van der Waals surface area contributed by atoms with E-state index in [1.54, 1.807) is 0 Å². The van der Waals surface area contributed by atoms with Crippen LogP contribution >= 0.6 is 0 Å². The number of nitrogens with one attached hydrogen (secondary N) is 1. The molecule has 1 aliphatic rings. The van der Waals surface area contributed by atoms with Crippen molar-refractivity contribution in [3.8, 4) is 0 Å². The van der Waals surface area contributed by atoms with E-state index in [1.165, 1.54) is 11.1 Å². The zero-order chi connectivity index (χ0) is 9.10. The summed E-state index contributed by atoms with van der Waals surface area (Å²) in [5.41, 5.74) is 2.58. The number of aryl methyl sites for hydroxylation is 1. The van der Waals surface area contributed by atoms with Crippen LogP contribution in [0, 0.1) is 6.92 Å². The van der Waals surface area contributed by atoms with Crippen LogP contribution in [0.25, 0.3) is 0 Å². The van der Waals surface area contributed by atoms with Crippen LogP contribution in [0.1, 0.15) is 17.2 Å². The molecule has 0 unspecified atom stereocenters. The molecular weight excluding hydrogens is 162 g/mol. The summed E-state index contributed by atoms with van der Waals surface area (Å²) in [4.78, 5) is 0. The number of morpholine rings is 1. The lowest BCUT2D eigenvalue weighted by Gasteiger charge is -2.24. The Kier molecular flexibility index (Phi) is 2.62. The highest BCUT2D eigenvalue weighted by molar-refractivity contribution is 5.24. The van der Waals surface area contributed by atoms with Gasteiger partial charge in [-0.1, -0.05) is 29.8 Å². The lowest BCUT2D eigenvalue weighted by molar-refractivity contribution is 0.0277. The molecular formula is C11H15NO. The number of hydrogen-bond acceptors (Lipinski definition) is 2. The molecule has 0 amide bonds. The van der Waals surface area contributed by atoms with Crippen LogP contribution in [-0.4, -0.2) is 19.7 Å². The number of hydrogen-bond donors (Lipinski definition) is 1. The molecule has 1 saturated heterocycles. The third-order valence-corrected chi connectivity index (χ3v) is 2.34. The van der Waals surface area contributed by atoms with Crippen molar-refractivity contribution < 1.29 is 4.74 Å². The largest absolute Gasteiger partial charge is 0.371 e. The second-order valence-corrected chi connectivity index (χ2v) is 3.48. The second-order valence-electron chi connectivity index (χ2n) is 3.48. The first-order chi connectivity index (χ1) is 6.36. The van der Waals surface area contributed by atoms with Crippen LogP contribution in [0.2, 0.25) is 0 Å². The van der Waals surface area contributed by atoms with Crippen LogP contribution in [-0.2, 0) is 4.74 Å². The van der Waals surface area contributed by atoms with Crippen molar-refractivity contribution in [2.45, 2.75) is 13.0 Å². The Morgan fingerprint density at radius 3 is 3.08 bits per heavy atom. The third kappa shape index (κ3) is 2.08. The van der Waals surface area contributed by atoms with Gasteiger partial charge in [0.25, 0.3) is 0 Å². The topological polar surface area (TPSA) is 21.3 Å². The predicted molar refractivity (Wildman–Crippen MR) is 52.7 cm³/mol. The lowest BCUT2D eigenvalue weighted by atomic mass is 10.1. The average Bonchev–Trinajstić information content (AvgIpc) is 2.19. The molecule has 1 aromatic carbocycles. The summed E-state index contributed by atoms with van der Waals surface area (Å²) in [5.74, 6) is 0. The Hall–Kier alpha value is -0.860. The second kappa shape index (κ2) is 3.90. The van der Waals surface area contributed by atoms with E-state index < -0.39 is 0 Å². The first-order valence-electron chi connectivity index (χ1n) is 4.75. The smallest absolute Gasteiger partial charge is 0.0949 e. The monoisotopic (exact) mass is 177 g/mol. The van der Waals surface area contributed by atoms with Crippen LogP contribution in [0.4, 0.5) is 0 Å². The maximum absolute atomic E-state index is 5.66. The van der Waals surface area contributed by atoms with Gasteiger partial charge in [0, 0.05) is 13.1 Å². The minimum Gasteiger partial charge on any atom is -0.371 e. The number of rotatable bonds is 1. The van der Waals surface area contributed by atoms with Crippen LogP contribution < -0.4 is 5.32 Å². The molecule has 1 fully saturated rings. The molecule has 0 spiro atoms. The normalized spacial score (nSPS) is 23.0. The molecule has 13 heavy (non-hydrogen) atoms. The quantitative estimate of drug-likeness (QED) is 0.704. The van der Waals surface area contributed by atoms with E-state index in [1.807, 2.05) is 0 Å². The zero-order valence-corrected chi connectivity index (χ0v) is 7.92. The van der Waals surface area contributed by atoms with E-state index in [9.17, 15) is 0 Å². The maximum Gasteiger partial charge on any atom is 0.0949 e. The molecule has 0 bridgehead atoms. The standard InChI is InChI=1S/C11H15NO/c1-9-3-2-4-10(7-9)11-8-12-5-6-13-11/h2-4,7,11-12H,5-6,8H2,1H3/t11-/m0/s1. The molecule has 1 aliphatic heterocycles. The summed E-state index contributed by atoms with van der Waals surface area (Å²) in [5, 5.41) is 3.33. The minimum absolute atomic E-state index is 0.244. The van der Waals surface area contributed by atoms with Gasteiger partial charge >= 0.3 is 0 Å². The summed E-state index contributed by atoms with van der Waals surface area (Å²) in [6, 6.07) is 8.52. The van der Waals surface area contributed by atoms with Crippen molar-refractivity contribution >= 4 is 0 Å². The van der Waals surface area contributed by atoms with E-state index >= 15 is 0 Å². The van der Waals surface area contributed by atoms with E-state index in [0.717, 1.165) is 19.7 Å². The summed E-state index contributed by atoms with van der Waals surface area (Å²) in [6.45, 7) is 4.84. The summed E-state index contributed by atoms with van der Waals surface area (Å²) in [7, 11) is 0. The highest BCUT2D eigenvalue weighted by atomic mass is 16.5. The van der Waals surface area contributed by atoms with Gasteiger partial charge in [0.15, 0.2) is 0 Å². The lowest BCUT2D eigenvalue weighted by Crippen LogP contribution is -2.33.